The molecule has 5 unspecified atom stereocenters. The maximum atomic E-state index is 13.3. The number of carbonyl (C=O) groups is 2. The van der Waals surface area contributed by atoms with Gasteiger partial charge < -0.3 is 34.6 Å². The second-order valence-electron chi connectivity index (χ2n) is 9.23. The standard InChI is InChI=1S/C25H22O9/c1-32-19-4-10(2-3-15(19)27)21-13-7-12(23-14(21)9-33-25(23,31)24(13)30)18-8-17(29)22-16(28)5-11(26)6-20(22)34-18/h2-7,13-14,18,21,23,26-28,31H,8-9H2,1H3/t13?,14?,18-,21?,23?,25?/m0/s1. The Labute approximate surface area is 193 Å². The van der Waals surface area contributed by atoms with Crippen molar-refractivity contribution < 1.29 is 44.2 Å². The fourth-order valence-electron chi connectivity index (χ4n) is 6.14. The summed E-state index contributed by atoms with van der Waals surface area (Å²) < 4.78 is 16.9. The molecule has 34 heavy (non-hydrogen) atoms. The number of ketones is 2. The monoisotopic (exact) mass is 466 g/mol. The van der Waals surface area contributed by atoms with Crippen LogP contribution < -0.4 is 9.47 Å². The van der Waals surface area contributed by atoms with E-state index in [0.717, 1.165) is 11.6 Å². The Balaban J connectivity index is 1.43. The van der Waals surface area contributed by atoms with Crippen molar-refractivity contribution in [3.8, 4) is 28.7 Å². The van der Waals surface area contributed by atoms with Crippen LogP contribution >= 0.6 is 0 Å². The summed E-state index contributed by atoms with van der Waals surface area (Å²) >= 11 is 0. The van der Waals surface area contributed by atoms with Gasteiger partial charge in [0.15, 0.2) is 23.1 Å². The Morgan fingerprint density at radius 2 is 1.88 bits per heavy atom. The van der Waals surface area contributed by atoms with Crippen LogP contribution in [0, 0.1) is 17.8 Å². The van der Waals surface area contributed by atoms with Crippen LogP contribution in [0.25, 0.3) is 0 Å². The number of carbonyl (C=O) groups excluding carboxylic acids is 2. The molecule has 4 N–H and O–H groups in total. The van der Waals surface area contributed by atoms with Gasteiger partial charge in [0, 0.05) is 29.9 Å². The SMILES string of the molecule is COc1cc(C2C3C=C([C@@H]4CC(=O)c5c(O)cc(O)cc5O4)C4C2COC4(O)C3=O)ccc1O. The lowest BCUT2D eigenvalue weighted by Crippen LogP contribution is -2.59. The molecule has 9 heteroatoms. The van der Waals surface area contributed by atoms with E-state index in [9.17, 15) is 30.0 Å². The molecule has 2 fully saturated rings. The first-order valence-electron chi connectivity index (χ1n) is 11.0. The number of fused-ring (bicyclic) bond motifs is 1. The van der Waals surface area contributed by atoms with Crippen molar-refractivity contribution in [2.45, 2.75) is 24.2 Å². The van der Waals surface area contributed by atoms with Crippen molar-refractivity contribution in [3.63, 3.8) is 0 Å². The minimum Gasteiger partial charge on any atom is -0.508 e. The highest BCUT2D eigenvalue weighted by molar-refractivity contribution is 6.03. The van der Waals surface area contributed by atoms with Gasteiger partial charge in [-0.2, -0.15) is 0 Å². The van der Waals surface area contributed by atoms with Gasteiger partial charge in [-0.1, -0.05) is 12.1 Å². The Morgan fingerprint density at radius 3 is 2.65 bits per heavy atom. The molecule has 7 rings (SSSR count). The summed E-state index contributed by atoms with van der Waals surface area (Å²) in [4.78, 5) is 26.1. The third kappa shape index (κ3) is 2.68. The number of rotatable bonds is 3. The molecule has 2 aromatic rings. The molecule has 5 aliphatic rings. The number of hydrogen-bond acceptors (Lipinski definition) is 9. The number of aromatic hydroxyl groups is 3. The van der Waals surface area contributed by atoms with Gasteiger partial charge in [-0.15, -0.1) is 0 Å². The molecule has 3 aliphatic carbocycles. The van der Waals surface area contributed by atoms with Crippen LogP contribution in [0.2, 0.25) is 0 Å². The maximum Gasteiger partial charge on any atom is 0.234 e. The molecule has 0 aromatic heterocycles. The fraction of sp³-hybridized carbons (Fsp3) is 0.360. The molecular weight excluding hydrogens is 444 g/mol. The summed E-state index contributed by atoms with van der Waals surface area (Å²) in [6.45, 7) is 0.132. The number of methoxy groups -OCH3 is 1. The number of aliphatic hydroxyl groups is 1. The van der Waals surface area contributed by atoms with E-state index in [4.69, 9.17) is 14.2 Å². The van der Waals surface area contributed by atoms with Gasteiger partial charge in [-0.25, -0.2) is 0 Å². The molecule has 4 bridgehead atoms. The zero-order chi connectivity index (χ0) is 23.9. The van der Waals surface area contributed by atoms with Crippen molar-refractivity contribution in [2.24, 2.45) is 17.8 Å². The fourth-order valence-corrected chi connectivity index (χ4v) is 6.14. The molecule has 2 aromatic carbocycles. The van der Waals surface area contributed by atoms with Crippen molar-refractivity contribution >= 4 is 11.6 Å². The minimum absolute atomic E-state index is 0.00121. The lowest BCUT2D eigenvalue weighted by Gasteiger charge is -2.49. The second-order valence-corrected chi connectivity index (χ2v) is 9.23. The van der Waals surface area contributed by atoms with Crippen molar-refractivity contribution in [1.82, 2.24) is 0 Å². The molecule has 9 nitrogen and oxygen atoms in total. The number of phenolic OH excluding ortho intramolecular Hbond substituents is 3. The van der Waals surface area contributed by atoms with Crippen molar-refractivity contribution in [3.05, 3.63) is 53.1 Å². The van der Waals surface area contributed by atoms with E-state index in [2.05, 4.69) is 0 Å². The van der Waals surface area contributed by atoms with Crippen LogP contribution in [0.3, 0.4) is 0 Å². The van der Waals surface area contributed by atoms with Crippen LogP contribution in [-0.2, 0) is 9.53 Å². The van der Waals surface area contributed by atoms with Gasteiger partial charge in [0.25, 0.3) is 0 Å². The highest BCUT2D eigenvalue weighted by atomic mass is 16.6. The van der Waals surface area contributed by atoms with Crippen LogP contribution in [-0.4, -0.2) is 57.6 Å². The topological polar surface area (TPSA) is 143 Å². The summed E-state index contributed by atoms with van der Waals surface area (Å²) in [6.07, 6.45) is 0.880. The average Bonchev–Trinajstić information content (AvgIpc) is 3.12. The first-order chi connectivity index (χ1) is 16.2. The van der Waals surface area contributed by atoms with Crippen LogP contribution in [0.1, 0.15) is 28.3 Å². The normalized spacial score (nSPS) is 33.4. The van der Waals surface area contributed by atoms with E-state index in [-0.39, 0.29) is 65.0 Å². The largest absolute Gasteiger partial charge is 0.508 e. The summed E-state index contributed by atoms with van der Waals surface area (Å²) in [6, 6.07) is 7.25. The predicted octanol–water partition coefficient (Wildman–Crippen LogP) is 2.02. The van der Waals surface area contributed by atoms with Crippen LogP contribution in [0.4, 0.5) is 0 Å². The summed E-state index contributed by atoms with van der Waals surface area (Å²) in [7, 11) is 1.44. The first kappa shape index (κ1) is 21.0. The average molecular weight is 466 g/mol. The van der Waals surface area contributed by atoms with Crippen molar-refractivity contribution in [2.75, 3.05) is 13.7 Å². The minimum atomic E-state index is -2.01. The Morgan fingerprint density at radius 1 is 1.09 bits per heavy atom. The Hall–Kier alpha value is -3.56. The Bertz CT molecular complexity index is 1280. The first-order valence-corrected chi connectivity index (χ1v) is 11.0. The number of phenols is 3. The number of allylic oxidation sites excluding steroid dienone is 1. The van der Waals surface area contributed by atoms with E-state index in [1.165, 1.54) is 19.2 Å². The zero-order valence-electron chi connectivity index (χ0n) is 18.1. The molecule has 2 heterocycles. The molecule has 2 aliphatic heterocycles. The van der Waals surface area contributed by atoms with Crippen LogP contribution in [0.5, 0.6) is 28.7 Å². The lowest BCUT2D eigenvalue weighted by molar-refractivity contribution is -0.205. The van der Waals surface area contributed by atoms with E-state index in [1.54, 1.807) is 18.2 Å². The Kier molecular flexibility index (Phi) is 4.31. The molecule has 6 atom stereocenters. The van der Waals surface area contributed by atoms with E-state index < -0.39 is 29.5 Å². The van der Waals surface area contributed by atoms with Crippen molar-refractivity contribution in [1.29, 1.82) is 0 Å². The predicted molar refractivity (Wildman–Crippen MR) is 115 cm³/mol. The molecule has 1 saturated heterocycles. The van der Waals surface area contributed by atoms with E-state index in [0.29, 0.717) is 5.57 Å². The number of Topliss-reactive ketones (excluding diaryl/α,β-unsaturated/α-hetero) is 2. The van der Waals surface area contributed by atoms with Crippen LogP contribution in [0.15, 0.2) is 42.0 Å². The van der Waals surface area contributed by atoms with E-state index in [1.807, 2.05) is 0 Å². The molecule has 0 spiro atoms. The number of hydrogen-bond donors (Lipinski definition) is 4. The third-order valence-electron chi connectivity index (χ3n) is 7.53. The summed E-state index contributed by atoms with van der Waals surface area (Å²) in [5, 5.41) is 41.2. The quantitative estimate of drug-likeness (QED) is 0.500. The molecular formula is C25H22O9. The van der Waals surface area contributed by atoms with E-state index >= 15 is 0 Å². The smallest absolute Gasteiger partial charge is 0.234 e. The molecule has 0 radical (unpaired) electrons. The second kappa shape index (κ2) is 6.97. The van der Waals surface area contributed by atoms with Gasteiger partial charge in [0.2, 0.25) is 5.79 Å². The maximum absolute atomic E-state index is 13.3. The lowest BCUT2D eigenvalue weighted by atomic mass is 9.55. The molecule has 1 saturated carbocycles. The highest BCUT2D eigenvalue weighted by Gasteiger charge is 2.68. The third-order valence-corrected chi connectivity index (χ3v) is 7.53. The zero-order valence-corrected chi connectivity index (χ0v) is 18.1. The number of benzene rings is 2. The van der Waals surface area contributed by atoms with Gasteiger partial charge in [0.05, 0.1) is 26.1 Å². The highest BCUT2D eigenvalue weighted by Crippen LogP contribution is 2.61. The molecule has 0 amide bonds. The summed E-state index contributed by atoms with van der Waals surface area (Å²) in [5.74, 6) is -5.20. The van der Waals surface area contributed by atoms with Gasteiger partial charge in [0.1, 0.15) is 28.9 Å². The summed E-state index contributed by atoms with van der Waals surface area (Å²) in [5.41, 5.74) is 1.36. The molecule has 176 valence electrons. The van der Waals surface area contributed by atoms with Gasteiger partial charge in [-0.05, 0) is 23.3 Å². The van der Waals surface area contributed by atoms with Gasteiger partial charge in [-0.3, -0.25) is 9.59 Å². The van der Waals surface area contributed by atoms with Gasteiger partial charge >= 0.3 is 0 Å². The number of ether oxygens (including phenoxy) is 3.